The summed E-state index contributed by atoms with van der Waals surface area (Å²) in [6.07, 6.45) is 2.31. The van der Waals surface area contributed by atoms with Gasteiger partial charge in [-0.25, -0.2) is 0 Å². The second-order valence-electron chi connectivity index (χ2n) is 9.99. The van der Waals surface area contributed by atoms with E-state index in [2.05, 4.69) is 46.4 Å². The molecule has 0 aliphatic carbocycles. The maximum absolute atomic E-state index is 13.4. The van der Waals surface area contributed by atoms with E-state index >= 15 is 0 Å². The Kier molecular flexibility index (Phi) is 8.29. The molecule has 1 amide bonds. The maximum atomic E-state index is 13.4. The standard InChI is InChI=1S/C35H32N2O3/c1-24(2)40-34-19-16-26(13-12-25-14-17-28(18-15-25)27-8-4-3-5-9-27)20-32(34)35(39)37-30(23-38)21-29-22-36-33-11-7-6-10-31(29)33/h3-11,14-20,22,24,30,36,38H,21,23H2,1-2H3,(H,37,39). The zero-order valence-corrected chi connectivity index (χ0v) is 22.6. The van der Waals surface area contributed by atoms with Gasteiger partial charge in [0.25, 0.3) is 5.91 Å². The van der Waals surface area contributed by atoms with E-state index in [1.165, 1.54) is 0 Å². The van der Waals surface area contributed by atoms with Gasteiger partial charge in [-0.05, 0) is 73.4 Å². The number of aromatic nitrogens is 1. The van der Waals surface area contributed by atoms with E-state index in [1.54, 1.807) is 12.1 Å². The number of amides is 1. The van der Waals surface area contributed by atoms with Crippen molar-refractivity contribution < 1.29 is 14.6 Å². The van der Waals surface area contributed by atoms with Crippen molar-refractivity contribution in [1.29, 1.82) is 0 Å². The molecule has 0 saturated heterocycles. The predicted octanol–water partition coefficient (Wildman–Crippen LogP) is 6.36. The summed E-state index contributed by atoms with van der Waals surface area (Å²) in [5.74, 6) is 6.55. The highest BCUT2D eigenvalue weighted by molar-refractivity contribution is 5.97. The van der Waals surface area contributed by atoms with Gasteiger partial charge in [0.05, 0.1) is 24.3 Å². The van der Waals surface area contributed by atoms with Gasteiger partial charge in [0, 0.05) is 28.2 Å². The number of carbonyl (C=O) groups is 1. The van der Waals surface area contributed by atoms with Crippen LogP contribution in [0, 0.1) is 11.8 Å². The second-order valence-corrected chi connectivity index (χ2v) is 9.99. The first-order valence-corrected chi connectivity index (χ1v) is 13.4. The summed E-state index contributed by atoms with van der Waals surface area (Å²) in [5, 5.41) is 14.2. The van der Waals surface area contributed by atoms with Crippen molar-refractivity contribution >= 4 is 16.8 Å². The Hall–Kier alpha value is -4.79. The van der Waals surface area contributed by atoms with Crippen LogP contribution in [-0.2, 0) is 6.42 Å². The minimum absolute atomic E-state index is 0.105. The Morgan fingerprint density at radius 2 is 1.55 bits per heavy atom. The number of fused-ring (bicyclic) bond motifs is 1. The van der Waals surface area contributed by atoms with Crippen LogP contribution in [0.2, 0.25) is 0 Å². The largest absolute Gasteiger partial charge is 0.490 e. The van der Waals surface area contributed by atoms with Gasteiger partial charge in [0.15, 0.2) is 0 Å². The third kappa shape index (κ3) is 6.43. The molecule has 0 saturated carbocycles. The van der Waals surface area contributed by atoms with Gasteiger partial charge in [0.2, 0.25) is 0 Å². The highest BCUT2D eigenvalue weighted by atomic mass is 16.5. The Bertz CT molecular complexity index is 1660. The van der Waals surface area contributed by atoms with E-state index in [9.17, 15) is 9.90 Å². The normalized spacial score (nSPS) is 11.6. The number of hydrogen-bond donors (Lipinski definition) is 3. The lowest BCUT2D eigenvalue weighted by Crippen LogP contribution is -2.39. The minimum atomic E-state index is -0.462. The summed E-state index contributed by atoms with van der Waals surface area (Å²) in [5.41, 5.74) is 6.31. The molecule has 0 radical (unpaired) electrons. The number of nitrogens with one attached hydrogen (secondary N) is 2. The number of hydrogen-bond acceptors (Lipinski definition) is 3. The van der Waals surface area contributed by atoms with Crippen molar-refractivity contribution in [1.82, 2.24) is 10.3 Å². The third-order valence-corrected chi connectivity index (χ3v) is 6.63. The Morgan fingerprint density at radius 1 is 0.875 bits per heavy atom. The van der Waals surface area contributed by atoms with Gasteiger partial charge in [0.1, 0.15) is 5.75 Å². The van der Waals surface area contributed by atoms with Gasteiger partial charge >= 0.3 is 0 Å². The topological polar surface area (TPSA) is 74.3 Å². The average molecular weight is 529 g/mol. The number of carbonyl (C=O) groups excluding carboxylic acids is 1. The van der Waals surface area contributed by atoms with Crippen LogP contribution in [0.4, 0.5) is 0 Å². The smallest absolute Gasteiger partial charge is 0.255 e. The van der Waals surface area contributed by atoms with Crippen molar-refractivity contribution in [2.45, 2.75) is 32.4 Å². The molecule has 1 unspecified atom stereocenters. The van der Waals surface area contributed by atoms with Crippen molar-refractivity contribution in [2.24, 2.45) is 0 Å². The fourth-order valence-corrected chi connectivity index (χ4v) is 4.65. The number of ether oxygens (including phenoxy) is 1. The van der Waals surface area contributed by atoms with Crippen LogP contribution >= 0.6 is 0 Å². The molecule has 5 aromatic rings. The fraction of sp³-hybridized carbons (Fsp3) is 0.171. The van der Waals surface area contributed by atoms with Gasteiger partial charge < -0.3 is 20.1 Å². The molecule has 0 aliphatic heterocycles. The van der Waals surface area contributed by atoms with Crippen LogP contribution in [0.25, 0.3) is 22.0 Å². The van der Waals surface area contributed by atoms with Crippen molar-refractivity contribution in [3.05, 3.63) is 126 Å². The molecule has 4 aromatic carbocycles. The molecular weight excluding hydrogens is 496 g/mol. The van der Waals surface area contributed by atoms with Crippen molar-refractivity contribution in [2.75, 3.05) is 6.61 Å². The molecule has 5 rings (SSSR count). The summed E-state index contributed by atoms with van der Waals surface area (Å²) >= 11 is 0. The Morgan fingerprint density at radius 3 is 2.30 bits per heavy atom. The molecule has 5 heteroatoms. The van der Waals surface area contributed by atoms with E-state index in [0.29, 0.717) is 23.3 Å². The predicted molar refractivity (Wildman–Crippen MR) is 160 cm³/mol. The SMILES string of the molecule is CC(C)Oc1ccc(C#Cc2ccc(-c3ccccc3)cc2)cc1C(=O)NC(CO)Cc1c[nH]c2ccccc12. The molecule has 0 spiro atoms. The van der Waals surface area contributed by atoms with Gasteiger partial charge in [-0.2, -0.15) is 0 Å². The summed E-state index contributed by atoms with van der Waals surface area (Å²) < 4.78 is 5.94. The summed E-state index contributed by atoms with van der Waals surface area (Å²) in [7, 11) is 0. The highest BCUT2D eigenvalue weighted by Gasteiger charge is 2.19. The zero-order chi connectivity index (χ0) is 27.9. The lowest BCUT2D eigenvalue weighted by atomic mass is 10.0. The highest BCUT2D eigenvalue weighted by Crippen LogP contribution is 2.24. The third-order valence-electron chi connectivity index (χ3n) is 6.63. The van der Waals surface area contributed by atoms with E-state index in [1.807, 2.05) is 80.7 Å². The lowest BCUT2D eigenvalue weighted by Gasteiger charge is -2.19. The molecule has 200 valence electrons. The van der Waals surface area contributed by atoms with Crippen LogP contribution in [0.1, 0.15) is 40.9 Å². The number of H-pyrrole nitrogens is 1. The summed E-state index contributed by atoms with van der Waals surface area (Å²) in [4.78, 5) is 16.7. The number of benzene rings is 4. The van der Waals surface area contributed by atoms with E-state index < -0.39 is 6.04 Å². The molecule has 3 N–H and O–H groups in total. The van der Waals surface area contributed by atoms with Gasteiger partial charge in [-0.3, -0.25) is 4.79 Å². The van der Waals surface area contributed by atoms with Crippen molar-refractivity contribution in [3.63, 3.8) is 0 Å². The molecule has 1 heterocycles. The van der Waals surface area contributed by atoms with E-state index in [4.69, 9.17) is 4.74 Å². The molecule has 0 fully saturated rings. The lowest BCUT2D eigenvalue weighted by molar-refractivity contribution is 0.0910. The number of para-hydroxylation sites is 1. The number of aromatic amines is 1. The number of aliphatic hydroxyl groups excluding tert-OH is 1. The fourth-order valence-electron chi connectivity index (χ4n) is 4.65. The minimum Gasteiger partial charge on any atom is -0.490 e. The van der Waals surface area contributed by atoms with E-state index in [-0.39, 0.29) is 18.6 Å². The van der Waals surface area contributed by atoms with Crippen LogP contribution in [0.5, 0.6) is 5.75 Å². The van der Waals surface area contributed by atoms with Crippen LogP contribution in [-0.4, -0.2) is 34.8 Å². The molecule has 0 bridgehead atoms. The first-order valence-electron chi connectivity index (χ1n) is 13.4. The maximum Gasteiger partial charge on any atom is 0.255 e. The monoisotopic (exact) mass is 528 g/mol. The average Bonchev–Trinajstić information content (AvgIpc) is 3.39. The van der Waals surface area contributed by atoms with E-state index in [0.717, 1.165) is 33.2 Å². The molecular formula is C35H32N2O3. The van der Waals surface area contributed by atoms with Crippen LogP contribution < -0.4 is 10.1 Å². The molecule has 0 aliphatic rings. The Balaban J connectivity index is 1.35. The zero-order valence-electron chi connectivity index (χ0n) is 22.6. The molecule has 5 nitrogen and oxygen atoms in total. The molecule has 1 aromatic heterocycles. The molecule has 1 atom stereocenters. The number of aliphatic hydroxyl groups is 1. The Labute approximate surface area is 234 Å². The quantitative estimate of drug-likeness (QED) is 0.205. The second kappa shape index (κ2) is 12.4. The van der Waals surface area contributed by atoms with Gasteiger partial charge in [-0.1, -0.05) is 72.5 Å². The first kappa shape index (κ1) is 26.8. The van der Waals surface area contributed by atoms with Gasteiger partial charge in [-0.15, -0.1) is 0 Å². The molecule has 40 heavy (non-hydrogen) atoms. The summed E-state index contributed by atoms with van der Waals surface area (Å²) in [6.45, 7) is 3.65. The van der Waals surface area contributed by atoms with Crippen LogP contribution in [0.3, 0.4) is 0 Å². The van der Waals surface area contributed by atoms with Crippen LogP contribution in [0.15, 0.2) is 103 Å². The first-order chi connectivity index (χ1) is 19.5. The summed E-state index contributed by atoms with van der Waals surface area (Å²) in [6, 6.07) is 31.2. The van der Waals surface area contributed by atoms with Crippen molar-refractivity contribution in [3.8, 4) is 28.7 Å². The number of rotatable bonds is 8.